The van der Waals surface area contributed by atoms with Crippen molar-refractivity contribution in [1.29, 1.82) is 0 Å². The average molecular weight is 299 g/mol. The Labute approximate surface area is 124 Å². The van der Waals surface area contributed by atoms with E-state index in [1.807, 2.05) is 0 Å². The van der Waals surface area contributed by atoms with Crippen molar-refractivity contribution in [3.05, 3.63) is 35.1 Å². The zero-order valence-corrected chi connectivity index (χ0v) is 12.6. The molecule has 0 atom stereocenters. The topological polar surface area (TPSA) is 67.8 Å². The van der Waals surface area contributed by atoms with Gasteiger partial charge in [-0.3, -0.25) is 0 Å². The van der Waals surface area contributed by atoms with Crippen LogP contribution < -0.4 is 5.32 Å². The van der Waals surface area contributed by atoms with E-state index < -0.39 is 17.5 Å². The van der Waals surface area contributed by atoms with E-state index in [1.165, 1.54) is 6.07 Å². The Kier molecular flexibility index (Phi) is 6.58. The molecule has 1 amide bonds. The minimum Gasteiger partial charge on any atom is -0.444 e. The predicted molar refractivity (Wildman–Crippen MR) is 76.2 cm³/mol. The molecule has 0 spiro atoms. The molecule has 0 aliphatic carbocycles. The van der Waals surface area contributed by atoms with Gasteiger partial charge in [-0.2, -0.15) is 0 Å². The standard InChI is InChI=1S/C15H22FNO4/c1-15(2,3)21-14(19)17-9-11-4-5-12(13(16)8-11)10-20-7-6-18/h4-5,8,18H,6-7,9-10H2,1-3H3,(H,17,19). The molecule has 21 heavy (non-hydrogen) atoms. The molecule has 2 N–H and O–H groups in total. The van der Waals surface area contributed by atoms with E-state index in [9.17, 15) is 9.18 Å². The number of aliphatic hydroxyl groups is 1. The van der Waals surface area contributed by atoms with Crippen LogP contribution in [0.5, 0.6) is 0 Å². The number of rotatable bonds is 6. The fourth-order valence-corrected chi connectivity index (χ4v) is 1.55. The molecular weight excluding hydrogens is 277 g/mol. The first kappa shape index (κ1) is 17.4. The van der Waals surface area contributed by atoms with Crippen molar-refractivity contribution >= 4 is 6.09 Å². The summed E-state index contributed by atoms with van der Waals surface area (Å²) >= 11 is 0. The zero-order chi connectivity index (χ0) is 15.9. The summed E-state index contributed by atoms with van der Waals surface area (Å²) in [5.41, 5.74) is 0.470. The molecule has 0 unspecified atom stereocenters. The van der Waals surface area contributed by atoms with Crippen LogP contribution in [0.15, 0.2) is 18.2 Å². The molecule has 0 aliphatic rings. The van der Waals surface area contributed by atoms with Crippen molar-refractivity contribution in [3.8, 4) is 0 Å². The Bertz CT molecular complexity index is 471. The van der Waals surface area contributed by atoms with Gasteiger partial charge in [-0.25, -0.2) is 9.18 Å². The number of alkyl carbamates (subject to hydrolysis) is 1. The van der Waals surface area contributed by atoms with Crippen LogP contribution in [0.25, 0.3) is 0 Å². The lowest BCUT2D eigenvalue weighted by Crippen LogP contribution is -2.32. The summed E-state index contributed by atoms with van der Waals surface area (Å²) < 4.78 is 23.9. The van der Waals surface area contributed by atoms with Crippen LogP contribution in [-0.2, 0) is 22.6 Å². The van der Waals surface area contributed by atoms with Crippen molar-refractivity contribution in [2.45, 2.75) is 39.5 Å². The fourth-order valence-electron chi connectivity index (χ4n) is 1.55. The highest BCUT2D eigenvalue weighted by atomic mass is 19.1. The van der Waals surface area contributed by atoms with Crippen molar-refractivity contribution in [3.63, 3.8) is 0 Å². The Balaban J connectivity index is 2.50. The third-order valence-corrected chi connectivity index (χ3v) is 2.45. The van der Waals surface area contributed by atoms with Crippen LogP contribution >= 0.6 is 0 Å². The summed E-state index contributed by atoms with van der Waals surface area (Å²) in [5, 5.41) is 11.2. The Hall–Kier alpha value is -1.66. The average Bonchev–Trinajstić information content (AvgIpc) is 2.37. The van der Waals surface area contributed by atoms with Crippen molar-refractivity contribution < 1.29 is 23.8 Å². The summed E-state index contributed by atoms with van der Waals surface area (Å²) in [6, 6.07) is 4.64. The summed E-state index contributed by atoms with van der Waals surface area (Å²) in [5.74, 6) is -0.406. The number of hydrogen-bond acceptors (Lipinski definition) is 4. The van der Waals surface area contributed by atoms with Gasteiger partial charge in [0.15, 0.2) is 0 Å². The summed E-state index contributed by atoms with van der Waals surface area (Å²) in [7, 11) is 0. The Morgan fingerprint density at radius 3 is 2.67 bits per heavy atom. The third kappa shape index (κ3) is 7.06. The summed E-state index contributed by atoms with van der Waals surface area (Å²) in [4.78, 5) is 11.5. The quantitative estimate of drug-likeness (QED) is 0.791. The normalized spacial score (nSPS) is 11.3. The van der Waals surface area contributed by atoms with E-state index in [4.69, 9.17) is 14.6 Å². The smallest absolute Gasteiger partial charge is 0.407 e. The third-order valence-electron chi connectivity index (χ3n) is 2.45. The van der Waals surface area contributed by atoms with Gasteiger partial charge in [0.2, 0.25) is 0 Å². The lowest BCUT2D eigenvalue weighted by molar-refractivity contribution is 0.0523. The van der Waals surface area contributed by atoms with E-state index in [1.54, 1.807) is 32.9 Å². The predicted octanol–water partition coefficient (Wildman–Crippen LogP) is 2.36. The number of carbonyl (C=O) groups excluding carboxylic acids is 1. The highest BCUT2D eigenvalue weighted by molar-refractivity contribution is 5.67. The molecule has 1 aromatic rings. The highest BCUT2D eigenvalue weighted by Crippen LogP contribution is 2.12. The van der Waals surface area contributed by atoms with E-state index in [0.717, 1.165) is 0 Å². The minimum atomic E-state index is -0.566. The maximum Gasteiger partial charge on any atom is 0.407 e. The van der Waals surface area contributed by atoms with Crippen molar-refractivity contribution in [1.82, 2.24) is 5.32 Å². The van der Waals surface area contributed by atoms with Crippen LogP contribution in [0, 0.1) is 5.82 Å². The van der Waals surface area contributed by atoms with Gasteiger partial charge in [0.1, 0.15) is 11.4 Å². The summed E-state index contributed by atoms with van der Waals surface area (Å²) in [6.07, 6.45) is -0.543. The van der Waals surface area contributed by atoms with Gasteiger partial charge in [0, 0.05) is 12.1 Å². The molecular formula is C15H22FNO4. The summed E-state index contributed by atoms with van der Waals surface area (Å²) in [6.45, 7) is 5.67. The van der Waals surface area contributed by atoms with Gasteiger partial charge in [-0.15, -0.1) is 0 Å². The van der Waals surface area contributed by atoms with Gasteiger partial charge < -0.3 is 19.9 Å². The van der Waals surface area contributed by atoms with Gasteiger partial charge >= 0.3 is 6.09 Å². The van der Waals surface area contributed by atoms with Crippen LogP contribution in [0.1, 0.15) is 31.9 Å². The molecule has 0 fully saturated rings. The maximum atomic E-state index is 13.8. The molecule has 1 aromatic carbocycles. The number of amides is 1. The molecule has 1 rings (SSSR count). The molecule has 0 aliphatic heterocycles. The first-order valence-corrected chi connectivity index (χ1v) is 6.74. The first-order chi connectivity index (χ1) is 9.81. The van der Waals surface area contributed by atoms with Gasteiger partial charge in [-0.05, 0) is 32.4 Å². The molecule has 0 saturated carbocycles. The molecule has 0 radical (unpaired) electrons. The second-order valence-electron chi connectivity index (χ2n) is 5.56. The number of ether oxygens (including phenoxy) is 2. The monoisotopic (exact) mass is 299 g/mol. The molecule has 118 valence electrons. The van der Waals surface area contributed by atoms with E-state index >= 15 is 0 Å². The van der Waals surface area contributed by atoms with Crippen LogP contribution in [0.4, 0.5) is 9.18 Å². The minimum absolute atomic E-state index is 0.0977. The van der Waals surface area contributed by atoms with Crippen molar-refractivity contribution in [2.24, 2.45) is 0 Å². The first-order valence-electron chi connectivity index (χ1n) is 6.74. The zero-order valence-electron chi connectivity index (χ0n) is 12.6. The number of aliphatic hydroxyl groups excluding tert-OH is 1. The maximum absolute atomic E-state index is 13.8. The van der Waals surface area contributed by atoms with Crippen LogP contribution in [0.2, 0.25) is 0 Å². The Morgan fingerprint density at radius 1 is 1.38 bits per heavy atom. The number of hydrogen-bond donors (Lipinski definition) is 2. The molecule has 0 aromatic heterocycles. The lowest BCUT2D eigenvalue weighted by Gasteiger charge is -2.19. The van der Waals surface area contributed by atoms with Crippen molar-refractivity contribution in [2.75, 3.05) is 13.2 Å². The number of benzene rings is 1. The highest BCUT2D eigenvalue weighted by Gasteiger charge is 2.15. The lowest BCUT2D eigenvalue weighted by atomic mass is 10.1. The van der Waals surface area contributed by atoms with Gasteiger partial charge in [0.25, 0.3) is 0 Å². The van der Waals surface area contributed by atoms with Crippen LogP contribution in [0.3, 0.4) is 0 Å². The second kappa shape index (κ2) is 7.95. The largest absolute Gasteiger partial charge is 0.444 e. The Morgan fingerprint density at radius 2 is 2.10 bits per heavy atom. The molecule has 0 saturated heterocycles. The van der Waals surface area contributed by atoms with Gasteiger partial charge in [0.05, 0.1) is 19.8 Å². The SMILES string of the molecule is CC(C)(C)OC(=O)NCc1ccc(COCCO)c(F)c1. The second-order valence-corrected chi connectivity index (χ2v) is 5.56. The van der Waals surface area contributed by atoms with Crippen LogP contribution in [-0.4, -0.2) is 30.0 Å². The van der Waals surface area contributed by atoms with E-state index in [0.29, 0.717) is 11.1 Å². The van der Waals surface area contributed by atoms with Gasteiger partial charge in [-0.1, -0.05) is 12.1 Å². The van der Waals surface area contributed by atoms with E-state index in [-0.39, 0.29) is 26.4 Å². The molecule has 6 heteroatoms. The molecule has 0 heterocycles. The van der Waals surface area contributed by atoms with E-state index in [2.05, 4.69) is 5.32 Å². The number of carbonyl (C=O) groups is 1. The molecule has 5 nitrogen and oxygen atoms in total. The number of halogens is 1. The molecule has 0 bridgehead atoms. The fraction of sp³-hybridized carbons (Fsp3) is 0.533. The number of nitrogens with one attached hydrogen (secondary N) is 1.